The van der Waals surface area contributed by atoms with E-state index in [1.54, 1.807) is 16.2 Å². The Kier molecular flexibility index (Phi) is 3.30. The Bertz CT molecular complexity index is 716. The van der Waals surface area contributed by atoms with E-state index in [-0.39, 0.29) is 12.7 Å². The number of amides is 1. The average Bonchev–Trinajstić information content (AvgIpc) is 3.20. The maximum absolute atomic E-state index is 12.6. The van der Waals surface area contributed by atoms with Gasteiger partial charge in [0, 0.05) is 18.5 Å². The number of thiophene rings is 1. The van der Waals surface area contributed by atoms with Crippen molar-refractivity contribution in [1.29, 1.82) is 0 Å². The number of hydrogen-bond donors (Lipinski definition) is 0. The zero-order chi connectivity index (χ0) is 15.1. The molecule has 2 heterocycles. The summed E-state index contributed by atoms with van der Waals surface area (Å²) in [5.74, 6) is 1.62. The number of carbonyl (C=O) groups is 1. The van der Waals surface area contributed by atoms with Crippen LogP contribution >= 0.6 is 11.3 Å². The summed E-state index contributed by atoms with van der Waals surface area (Å²) in [5.41, 5.74) is 2.41. The predicted octanol–water partition coefficient (Wildman–Crippen LogP) is 3.24. The molecule has 1 aromatic heterocycles. The molecule has 0 radical (unpaired) electrons. The van der Waals surface area contributed by atoms with E-state index in [1.807, 2.05) is 25.2 Å². The van der Waals surface area contributed by atoms with E-state index >= 15 is 0 Å². The van der Waals surface area contributed by atoms with Crippen molar-refractivity contribution >= 4 is 17.2 Å². The van der Waals surface area contributed by atoms with Gasteiger partial charge in [-0.15, -0.1) is 11.3 Å². The maximum atomic E-state index is 12.6. The standard InChI is InChI=1S/C17H17NO3S/c1-18(9-11-5-6-13-14(7-11)21-10-20-13)17(19)16-8-12-3-2-4-15(12)22-16/h5-8H,2-4,9-10H2,1H3. The Morgan fingerprint density at radius 1 is 1.23 bits per heavy atom. The summed E-state index contributed by atoms with van der Waals surface area (Å²) in [7, 11) is 1.84. The highest BCUT2D eigenvalue weighted by molar-refractivity contribution is 7.14. The van der Waals surface area contributed by atoms with Gasteiger partial charge in [0.1, 0.15) is 0 Å². The third-order valence-electron chi connectivity index (χ3n) is 4.16. The number of hydrogen-bond acceptors (Lipinski definition) is 4. The molecule has 0 atom stereocenters. The minimum atomic E-state index is 0.0945. The van der Waals surface area contributed by atoms with E-state index in [9.17, 15) is 4.79 Å². The second-order valence-electron chi connectivity index (χ2n) is 5.76. The summed E-state index contributed by atoms with van der Waals surface area (Å²) in [4.78, 5) is 16.6. The first-order valence-electron chi connectivity index (χ1n) is 7.46. The fourth-order valence-corrected chi connectivity index (χ4v) is 4.26. The van der Waals surface area contributed by atoms with Crippen molar-refractivity contribution in [1.82, 2.24) is 4.90 Å². The van der Waals surface area contributed by atoms with E-state index < -0.39 is 0 Å². The number of carbonyl (C=O) groups excluding carboxylic acids is 1. The molecule has 0 saturated heterocycles. The lowest BCUT2D eigenvalue weighted by Gasteiger charge is -2.16. The van der Waals surface area contributed by atoms with Crippen LogP contribution in [0.4, 0.5) is 0 Å². The summed E-state index contributed by atoms with van der Waals surface area (Å²) in [5, 5.41) is 0. The molecular weight excluding hydrogens is 298 g/mol. The molecular formula is C17H17NO3S. The quantitative estimate of drug-likeness (QED) is 0.873. The van der Waals surface area contributed by atoms with E-state index in [2.05, 4.69) is 6.07 Å². The molecule has 1 aromatic carbocycles. The molecule has 1 aliphatic carbocycles. The lowest BCUT2D eigenvalue weighted by molar-refractivity contribution is 0.0789. The van der Waals surface area contributed by atoms with Gasteiger partial charge in [0.2, 0.25) is 6.79 Å². The van der Waals surface area contributed by atoms with Crippen LogP contribution in [0.3, 0.4) is 0 Å². The highest BCUT2D eigenvalue weighted by atomic mass is 32.1. The first-order valence-corrected chi connectivity index (χ1v) is 8.28. The van der Waals surface area contributed by atoms with Crippen molar-refractivity contribution in [3.05, 3.63) is 45.1 Å². The van der Waals surface area contributed by atoms with Gasteiger partial charge >= 0.3 is 0 Å². The number of nitrogens with zero attached hydrogens (tertiary/aromatic N) is 1. The largest absolute Gasteiger partial charge is 0.454 e. The van der Waals surface area contributed by atoms with E-state index in [1.165, 1.54) is 16.9 Å². The van der Waals surface area contributed by atoms with Crippen molar-refractivity contribution < 1.29 is 14.3 Å². The van der Waals surface area contributed by atoms with Crippen molar-refractivity contribution in [2.24, 2.45) is 0 Å². The van der Waals surface area contributed by atoms with E-state index in [0.717, 1.165) is 34.8 Å². The van der Waals surface area contributed by atoms with Gasteiger partial charge < -0.3 is 14.4 Å². The number of aryl methyl sites for hydroxylation is 2. The number of benzene rings is 1. The third kappa shape index (κ3) is 2.35. The summed E-state index contributed by atoms with van der Waals surface area (Å²) in [6.07, 6.45) is 3.47. The highest BCUT2D eigenvalue weighted by Crippen LogP contribution is 2.33. The summed E-state index contributed by atoms with van der Waals surface area (Å²) in [6, 6.07) is 7.90. The maximum Gasteiger partial charge on any atom is 0.263 e. The van der Waals surface area contributed by atoms with Gasteiger partial charge in [-0.1, -0.05) is 6.07 Å². The third-order valence-corrected chi connectivity index (χ3v) is 5.39. The van der Waals surface area contributed by atoms with Crippen LogP contribution in [0, 0.1) is 0 Å². The van der Waals surface area contributed by atoms with Gasteiger partial charge in [-0.25, -0.2) is 0 Å². The summed E-state index contributed by atoms with van der Waals surface area (Å²) < 4.78 is 10.7. The first kappa shape index (κ1) is 13.6. The minimum absolute atomic E-state index is 0.0945. The molecule has 0 fully saturated rings. The fourth-order valence-electron chi connectivity index (χ4n) is 3.01. The van der Waals surface area contributed by atoms with Crippen LogP contribution in [0.15, 0.2) is 24.3 Å². The molecule has 0 spiro atoms. The SMILES string of the molecule is CN(Cc1ccc2c(c1)OCO2)C(=O)c1cc2c(s1)CCC2. The molecule has 4 rings (SSSR count). The van der Waals surface area contributed by atoms with Crippen LogP contribution < -0.4 is 9.47 Å². The number of fused-ring (bicyclic) bond motifs is 2. The van der Waals surface area contributed by atoms with Crippen molar-refractivity contribution in [2.75, 3.05) is 13.8 Å². The Labute approximate surface area is 133 Å². The molecule has 22 heavy (non-hydrogen) atoms. The Balaban J connectivity index is 1.49. The first-order chi connectivity index (χ1) is 10.7. The lowest BCUT2D eigenvalue weighted by atomic mass is 10.2. The Morgan fingerprint density at radius 3 is 2.95 bits per heavy atom. The predicted molar refractivity (Wildman–Crippen MR) is 84.7 cm³/mol. The molecule has 2 aliphatic rings. The number of ether oxygens (including phenoxy) is 2. The zero-order valence-electron chi connectivity index (χ0n) is 12.4. The summed E-state index contributed by atoms with van der Waals surface area (Å²) in [6.45, 7) is 0.840. The van der Waals surface area contributed by atoms with E-state index in [0.29, 0.717) is 6.54 Å². The molecule has 0 bridgehead atoms. The minimum Gasteiger partial charge on any atom is -0.454 e. The van der Waals surface area contributed by atoms with Gasteiger partial charge in [-0.05, 0) is 48.6 Å². The molecule has 114 valence electrons. The second kappa shape index (κ2) is 5.32. The molecule has 0 unspecified atom stereocenters. The van der Waals surface area contributed by atoms with Crippen LogP contribution in [0.25, 0.3) is 0 Å². The summed E-state index contributed by atoms with van der Waals surface area (Å²) >= 11 is 1.65. The molecule has 1 amide bonds. The van der Waals surface area contributed by atoms with Crippen molar-refractivity contribution in [3.8, 4) is 11.5 Å². The molecule has 5 heteroatoms. The van der Waals surface area contributed by atoms with Crippen LogP contribution in [0.2, 0.25) is 0 Å². The highest BCUT2D eigenvalue weighted by Gasteiger charge is 2.21. The Hall–Kier alpha value is -2.01. The van der Waals surface area contributed by atoms with Crippen molar-refractivity contribution in [2.45, 2.75) is 25.8 Å². The zero-order valence-corrected chi connectivity index (χ0v) is 13.2. The smallest absolute Gasteiger partial charge is 0.263 e. The van der Waals surface area contributed by atoms with Gasteiger partial charge in [-0.2, -0.15) is 0 Å². The normalized spacial score (nSPS) is 15.0. The molecule has 0 saturated carbocycles. The Morgan fingerprint density at radius 2 is 2.09 bits per heavy atom. The van der Waals surface area contributed by atoms with Gasteiger partial charge in [-0.3, -0.25) is 4.79 Å². The van der Waals surface area contributed by atoms with Gasteiger partial charge in [0.15, 0.2) is 11.5 Å². The van der Waals surface area contributed by atoms with Crippen LogP contribution in [0.5, 0.6) is 11.5 Å². The van der Waals surface area contributed by atoms with Crippen LogP contribution in [0.1, 0.15) is 32.1 Å². The topological polar surface area (TPSA) is 38.8 Å². The second-order valence-corrected chi connectivity index (χ2v) is 6.90. The fraction of sp³-hybridized carbons (Fsp3) is 0.353. The number of rotatable bonds is 3. The molecule has 1 aliphatic heterocycles. The van der Waals surface area contributed by atoms with Crippen molar-refractivity contribution in [3.63, 3.8) is 0 Å². The average molecular weight is 315 g/mol. The van der Waals surface area contributed by atoms with Gasteiger partial charge in [0.25, 0.3) is 5.91 Å². The molecule has 4 nitrogen and oxygen atoms in total. The van der Waals surface area contributed by atoms with E-state index in [4.69, 9.17) is 9.47 Å². The molecule has 2 aromatic rings. The van der Waals surface area contributed by atoms with Crippen LogP contribution in [-0.2, 0) is 19.4 Å². The van der Waals surface area contributed by atoms with Gasteiger partial charge in [0.05, 0.1) is 4.88 Å². The monoisotopic (exact) mass is 315 g/mol. The van der Waals surface area contributed by atoms with Crippen LogP contribution in [-0.4, -0.2) is 24.6 Å². The lowest BCUT2D eigenvalue weighted by Crippen LogP contribution is -2.25. The molecule has 0 N–H and O–H groups in total.